The quantitative estimate of drug-likeness (QED) is 0.818. The van der Waals surface area contributed by atoms with Crippen LogP contribution in [0.3, 0.4) is 0 Å². The molecule has 0 saturated heterocycles. The summed E-state index contributed by atoms with van der Waals surface area (Å²) in [4.78, 5) is 1.29. The number of benzene rings is 1. The van der Waals surface area contributed by atoms with Gasteiger partial charge in [0.05, 0.1) is 3.79 Å². The van der Waals surface area contributed by atoms with Crippen molar-refractivity contribution in [1.29, 1.82) is 0 Å². The fourth-order valence-electron chi connectivity index (χ4n) is 1.81. The van der Waals surface area contributed by atoms with Gasteiger partial charge in [0.1, 0.15) is 0 Å². The number of aryl methyl sites for hydroxylation is 1. The molecule has 0 aliphatic carbocycles. The topological polar surface area (TPSA) is 26.0 Å². The summed E-state index contributed by atoms with van der Waals surface area (Å²) >= 11 is 8.68. The first-order valence-corrected chi connectivity index (χ1v) is 7.72. The van der Waals surface area contributed by atoms with Crippen LogP contribution in [0.4, 0.5) is 0 Å². The Bertz CT molecular complexity index is 505. The number of nitrogens with two attached hydrogens (primary N) is 1. The lowest BCUT2D eigenvalue weighted by Crippen LogP contribution is -2.13. The average molecular weight is 375 g/mol. The summed E-state index contributed by atoms with van der Waals surface area (Å²) in [7, 11) is 0. The molecule has 1 aromatic heterocycles. The molecular weight excluding hydrogens is 362 g/mol. The van der Waals surface area contributed by atoms with Gasteiger partial charge in [-0.1, -0.05) is 28.1 Å². The molecule has 0 bridgehead atoms. The molecule has 2 aromatic rings. The van der Waals surface area contributed by atoms with Crippen LogP contribution in [0.25, 0.3) is 0 Å². The van der Waals surface area contributed by atoms with Gasteiger partial charge in [-0.25, -0.2) is 0 Å². The van der Waals surface area contributed by atoms with Crippen LogP contribution in [0.15, 0.2) is 38.6 Å². The van der Waals surface area contributed by atoms with Crippen LogP contribution >= 0.6 is 43.2 Å². The highest BCUT2D eigenvalue weighted by molar-refractivity contribution is 9.11. The molecule has 1 nitrogen and oxygen atoms in total. The first kappa shape index (κ1) is 13.3. The van der Waals surface area contributed by atoms with Crippen LogP contribution in [0.1, 0.15) is 22.0 Å². The molecule has 4 heteroatoms. The van der Waals surface area contributed by atoms with Crippen LogP contribution in [-0.4, -0.2) is 0 Å². The van der Waals surface area contributed by atoms with Crippen molar-refractivity contribution < 1.29 is 0 Å². The van der Waals surface area contributed by atoms with E-state index in [4.69, 9.17) is 5.73 Å². The summed E-state index contributed by atoms with van der Waals surface area (Å²) in [6, 6.07) is 10.5. The summed E-state index contributed by atoms with van der Waals surface area (Å²) in [5.41, 5.74) is 8.76. The van der Waals surface area contributed by atoms with E-state index in [0.717, 1.165) is 14.7 Å². The lowest BCUT2D eigenvalue weighted by molar-refractivity contribution is 0.720. The van der Waals surface area contributed by atoms with Gasteiger partial charge >= 0.3 is 0 Å². The Labute approximate surface area is 122 Å². The second-order valence-corrected chi connectivity index (χ2v) is 7.55. The molecule has 0 aliphatic rings. The highest BCUT2D eigenvalue weighted by atomic mass is 79.9. The molecule has 2 N–H and O–H groups in total. The van der Waals surface area contributed by atoms with Gasteiger partial charge in [-0.2, -0.15) is 0 Å². The minimum atomic E-state index is 0.0683. The van der Waals surface area contributed by atoms with Crippen molar-refractivity contribution >= 4 is 43.2 Å². The maximum absolute atomic E-state index is 6.25. The van der Waals surface area contributed by atoms with E-state index in [9.17, 15) is 0 Å². The highest BCUT2D eigenvalue weighted by Crippen LogP contribution is 2.31. The lowest BCUT2D eigenvalue weighted by atomic mass is 10.0. The van der Waals surface area contributed by atoms with Crippen LogP contribution in [0, 0.1) is 6.92 Å². The van der Waals surface area contributed by atoms with Gasteiger partial charge in [0.2, 0.25) is 0 Å². The van der Waals surface area contributed by atoms with Gasteiger partial charge < -0.3 is 5.73 Å². The molecular formula is C13H13Br2NS. The number of hydrogen-bond acceptors (Lipinski definition) is 2. The third-order valence-corrected chi connectivity index (χ3v) is 4.79. The normalized spacial score (nSPS) is 12.7. The summed E-state index contributed by atoms with van der Waals surface area (Å²) in [5.74, 6) is 0. The molecule has 0 spiro atoms. The van der Waals surface area contributed by atoms with Crippen molar-refractivity contribution in [3.8, 4) is 0 Å². The number of halogens is 2. The van der Waals surface area contributed by atoms with Gasteiger partial charge in [0, 0.05) is 15.4 Å². The molecule has 0 amide bonds. The van der Waals surface area contributed by atoms with Crippen molar-refractivity contribution in [2.24, 2.45) is 5.73 Å². The third kappa shape index (κ3) is 3.41. The van der Waals surface area contributed by atoms with E-state index in [1.165, 1.54) is 16.0 Å². The van der Waals surface area contributed by atoms with Crippen molar-refractivity contribution in [2.75, 3.05) is 0 Å². The molecule has 90 valence electrons. The maximum Gasteiger partial charge on any atom is 0.0704 e. The van der Waals surface area contributed by atoms with Crippen molar-refractivity contribution in [3.05, 3.63) is 54.6 Å². The Balaban J connectivity index is 2.14. The lowest BCUT2D eigenvalue weighted by Gasteiger charge is -2.11. The van der Waals surface area contributed by atoms with E-state index in [1.54, 1.807) is 11.3 Å². The van der Waals surface area contributed by atoms with E-state index in [1.807, 2.05) is 0 Å². The van der Waals surface area contributed by atoms with Gasteiger partial charge in [0.25, 0.3) is 0 Å². The number of rotatable bonds is 3. The Morgan fingerprint density at radius 2 is 1.88 bits per heavy atom. The van der Waals surface area contributed by atoms with Crippen LogP contribution in [0.2, 0.25) is 0 Å². The fraction of sp³-hybridized carbons (Fsp3) is 0.231. The molecule has 2 rings (SSSR count). The molecule has 0 radical (unpaired) electrons. The fourth-order valence-corrected chi connectivity index (χ4v) is 3.86. The molecule has 17 heavy (non-hydrogen) atoms. The van der Waals surface area contributed by atoms with Crippen molar-refractivity contribution in [2.45, 2.75) is 19.4 Å². The van der Waals surface area contributed by atoms with Gasteiger partial charge in [-0.3, -0.25) is 0 Å². The zero-order valence-electron chi connectivity index (χ0n) is 9.41. The van der Waals surface area contributed by atoms with Crippen LogP contribution < -0.4 is 5.73 Å². The second kappa shape index (κ2) is 5.65. The van der Waals surface area contributed by atoms with Crippen LogP contribution in [-0.2, 0) is 6.42 Å². The van der Waals surface area contributed by atoms with Crippen molar-refractivity contribution in [1.82, 2.24) is 0 Å². The maximum atomic E-state index is 6.25. The number of thiophene rings is 1. The predicted octanol–water partition coefficient (Wildman–Crippen LogP) is 4.82. The zero-order valence-corrected chi connectivity index (χ0v) is 13.4. The third-order valence-electron chi connectivity index (χ3n) is 2.69. The molecule has 0 aliphatic heterocycles. The predicted molar refractivity (Wildman–Crippen MR) is 81.5 cm³/mol. The molecule has 1 unspecified atom stereocenters. The molecule has 0 saturated carbocycles. The standard InChI is InChI=1S/C13H13Br2NS/c1-8-11(7-13(15)17-8)12(16)6-9-2-4-10(14)5-3-9/h2-5,7,12H,6,16H2,1H3. The SMILES string of the molecule is Cc1sc(Br)cc1C(N)Cc1ccc(Br)cc1. The van der Waals surface area contributed by atoms with Gasteiger partial charge in [-0.15, -0.1) is 11.3 Å². The average Bonchev–Trinajstić information content (AvgIpc) is 2.61. The smallest absolute Gasteiger partial charge is 0.0704 e. The Hall–Kier alpha value is -0.160. The van der Waals surface area contributed by atoms with E-state index in [0.29, 0.717) is 0 Å². The molecule has 1 heterocycles. The monoisotopic (exact) mass is 373 g/mol. The molecule has 0 fully saturated rings. The van der Waals surface area contributed by atoms with E-state index in [-0.39, 0.29) is 6.04 Å². The Morgan fingerprint density at radius 1 is 1.24 bits per heavy atom. The second-order valence-electron chi connectivity index (χ2n) is 4.00. The highest BCUT2D eigenvalue weighted by Gasteiger charge is 2.12. The van der Waals surface area contributed by atoms with Gasteiger partial charge in [0.15, 0.2) is 0 Å². The van der Waals surface area contributed by atoms with Gasteiger partial charge in [-0.05, 0) is 58.6 Å². The summed E-state index contributed by atoms with van der Waals surface area (Å²) in [6.07, 6.45) is 0.872. The summed E-state index contributed by atoms with van der Waals surface area (Å²) in [5, 5.41) is 0. The summed E-state index contributed by atoms with van der Waals surface area (Å²) in [6.45, 7) is 2.12. The van der Waals surface area contributed by atoms with E-state index in [2.05, 4.69) is 69.1 Å². The first-order chi connectivity index (χ1) is 8.06. The van der Waals surface area contributed by atoms with Crippen LogP contribution in [0.5, 0.6) is 0 Å². The number of hydrogen-bond donors (Lipinski definition) is 1. The first-order valence-electron chi connectivity index (χ1n) is 5.32. The molecule has 1 atom stereocenters. The summed E-state index contributed by atoms with van der Waals surface area (Å²) < 4.78 is 2.25. The Kier molecular flexibility index (Phi) is 4.42. The van der Waals surface area contributed by atoms with E-state index < -0.39 is 0 Å². The molecule has 1 aromatic carbocycles. The minimum Gasteiger partial charge on any atom is -0.324 e. The largest absolute Gasteiger partial charge is 0.324 e. The minimum absolute atomic E-state index is 0.0683. The van der Waals surface area contributed by atoms with Crippen molar-refractivity contribution in [3.63, 3.8) is 0 Å². The zero-order chi connectivity index (χ0) is 12.4. The van der Waals surface area contributed by atoms with E-state index >= 15 is 0 Å². The Morgan fingerprint density at radius 3 is 2.41 bits per heavy atom.